The number of carbonyl (C=O) groups excluding carboxylic acids is 1. The summed E-state index contributed by atoms with van der Waals surface area (Å²) in [7, 11) is 0. The Morgan fingerprint density at radius 3 is 2.74 bits per heavy atom. The molecule has 3 aromatic rings. The van der Waals surface area contributed by atoms with E-state index in [9.17, 15) is 9.18 Å². The van der Waals surface area contributed by atoms with Crippen LogP contribution in [-0.4, -0.2) is 25.9 Å². The molecule has 0 saturated carbocycles. The Kier molecular flexibility index (Phi) is 3.84. The number of nitrogens with zero attached hydrogens (tertiary/aromatic N) is 4. The van der Waals surface area contributed by atoms with Crippen molar-refractivity contribution < 1.29 is 9.18 Å². The SMILES string of the molecule is Cc1ccc(-n2nnc(C(=O)Nc3ccccn3)c2C)c(F)c1. The summed E-state index contributed by atoms with van der Waals surface area (Å²) in [5, 5.41) is 10.4. The molecule has 0 atom stereocenters. The van der Waals surface area contributed by atoms with Crippen LogP contribution in [-0.2, 0) is 0 Å². The van der Waals surface area contributed by atoms with E-state index in [4.69, 9.17) is 0 Å². The lowest BCUT2D eigenvalue weighted by molar-refractivity contribution is 0.102. The second-order valence-corrected chi connectivity index (χ2v) is 5.06. The summed E-state index contributed by atoms with van der Waals surface area (Å²) < 4.78 is 15.4. The molecule has 1 N–H and O–H groups in total. The molecular weight excluding hydrogens is 297 g/mol. The van der Waals surface area contributed by atoms with Gasteiger partial charge in [-0.15, -0.1) is 5.10 Å². The van der Waals surface area contributed by atoms with E-state index in [1.807, 2.05) is 0 Å². The third-order valence-corrected chi connectivity index (χ3v) is 3.35. The highest BCUT2D eigenvalue weighted by Gasteiger charge is 2.19. The minimum Gasteiger partial charge on any atom is -0.305 e. The van der Waals surface area contributed by atoms with E-state index in [2.05, 4.69) is 20.6 Å². The van der Waals surface area contributed by atoms with Gasteiger partial charge in [0.2, 0.25) is 0 Å². The van der Waals surface area contributed by atoms with E-state index in [1.165, 1.54) is 10.7 Å². The molecule has 23 heavy (non-hydrogen) atoms. The van der Waals surface area contributed by atoms with Crippen LogP contribution in [0.3, 0.4) is 0 Å². The Hall–Kier alpha value is -3.09. The molecule has 6 nitrogen and oxygen atoms in total. The molecule has 0 bridgehead atoms. The number of carbonyl (C=O) groups is 1. The number of hydrogen-bond donors (Lipinski definition) is 1. The average molecular weight is 311 g/mol. The van der Waals surface area contributed by atoms with E-state index in [0.717, 1.165) is 5.56 Å². The first-order chi connectivity index (χ1) is 11.1. The number of anilines is 1. The van der Waals surface area contributed by atoms with E-state index in [1.54, 1.807) is 50.4 Å². The molecule has 3 rings (SSSR count). The van der Waals surface area contributed by atoms with Crippen molar-refractivity contribution in [2.45, 2.75) is 13.8 Å². The molecule has 116 valence electrons. The Morgan fingerprint density at radius 1 is 1.22 bits per heavy atom. The smallest absolute Gasteiger partial charge is 0.279 e. The highest BCUT2D eigenvalue weighted by molar-refractivity contribution is 6.03. The first kappa shape index (κ1) is 14.8. The van der Waals surface area contributed by atoms with Gasteiger partial charge in [0.05, 0.1) is 5.69 Å². The lowest BCUT2D eigenvalue weighted by Gasteiger charge is -2.06. The molecule has 0 spiro atoms. The fourth-order valence-corrected chi connectivity index (χ4v) is 2.16. The van der Waals surface area contributed by atoms with Crippen LogP contribution in [0, 0.1) is 19.7 Å². The minimum absolute atomic E-state index is 0.121. The molecule has 1 aromatic carbocycles. The fourth-order valence-electron chi connectivity index (χ4n) is 2.16. The maximum absolute atomic E-state index is 14.1. The van der Waals surface area contributed by atoms with Gasteiger partial charge in [-0.2, -0.15) is 0 Å². The lowest BCUT2D eigenvalue weighted by Crippen LogP contribution is -2.15. The summed E-state index contributed by atoms with van der Waals surface area (Å²) in [5.74, 6) is -0.456. The zero-order valence-electron chi connectivity index (χ0n) is 12.6. The number of benzene rings is 1. The van der Waals surface area contributed by atoms with Crippen molar-refractivity contribution in [2.75, 3.05) is 5.32 Å². The molecule has 0 fully saturated rings. The summed E-state index contributed by atoms with van der Waals surface area (Å²) in [5.41, 5.74) is 1.62. The van der Waals surface area contributed by atoms with Crippen LogP contribution < -0.4 is 5.32 Å². The van der Waals surface area contributed by atoms with Gasteiger partial charge >= 0.3 is 0 Å². The quantitative estimate of drug-likeness (QED) is 0.807. The molecule has 7 heteroatoms. The van der Waals surface area contributed by atoms with Crippen molar-refractivity contribution in [2.24, 2.45) is 0 Å². The Bertz CT molecular complexity index is 860. The normalized spacial score (nSPS) is 10.6. The molecule has 0 aliphatic heterocycles. The Labute approximate surface area is 132 Å². The number of pyridine rings is 1. The molecule has 0 radical (unpaired) electrons. The van der Waals surface area contributed by atoms with E-state index in [-0.39, 0.29) is 11.4 Å². The molecule has 0 aliphatic rings. The molecular formula is C16H14FN5O. The summed E-state index contributed by atoms with van der Waals surface area (Å²) in [6.07, 6.45) is 1.57. The number of halogens is 1. The Morgan fingerprint density at radius 2 is 2.04 bits per heavy atom. The zero-order valence-corrected chi connectivity index (χ0v) is 12.6. The maximum Gasteiger partial charge on any atom is 0.279 e. The summed E-state index contributed by atoms with van der Waals surface area (Å²) in [6, 6.07) is 9.95. The average Bonchev–Trinajstić information content (AvgIpc) is 2.90. The van der Waals surface area contributed by atoms with Gasteiger partial charge in [0, 0.05) is 6.20 Å². The van der Waals surface area contributed by atoms with Crippen LogP contribution in [0.4, 0.5) is 10.2 Å². The van der Waals surface area contributed by atoms with Crippen LogP contribution in [0.5, 0.6) is 0 Å². The van der Waals surface area contributed by atoms with Gasteiger partial charge in [-0.3, -0.25) is 4.79 Å². The monoisotopic (exact) mass is 311 g/mol. The number of hydrogen-bond acceptors (Lipinski definition) is 4. The van der Waals surface area contributed by atoms with Crippen LogP contribution in [0.1, 0.15) is 21.7 Å². The van der Waals surface area contributed by atoms with Gasteiger partial charge in [-0.05, 0) is 43.7 Å². The van der Waals surface area contributed by atoms with Gasteiger partial charge in [-0.1, -0.05) is 17.3 Å². The van der Waals surface area contributed by atoms with Gasteiger partial charge in [-0.25, -0.2) is 14.1 Å². The van der Waals surface area contributed by atoms with Crippen molar-refractivity contribution in [3.05, 3.63) is 65.4 Å². The summed E-state index contributed by atoms with van der Waals surface area (Å²) >= 11 is 0. The standard InChI is InChI=1S/C16H14FN5O/c1-10-6-7-13(12(17)9-10)22-11(2)15(20-21-22)16(23)19-14-5-3-4-8-18-14/h3-9H,1-2H3,(H,18,19,23). The predicted octanol–water partition coefficient (Wildman–Crippen LogP) is 2.67. The van der Waals surface area contributed by atoms with Gasteiger partial charge in [0.25, 0.3) is 5.91 Å². The van der Waals surface area contributed by atoms with Crippen molar-refractivity contribution in [3.8, 4) is 5.69 Å². The van der Waals surface area contributed by atoms with Crippen LogP contribution in [0.25, 0.3) is 5.69 Å². The second kappa shape index (κ2) is 5.96. The topological polar surface area (TPSA) is 72.7 Å². The van der Waals surface area contributed by atoms with E-state index in [0.29, 0.717) is 11.5 Å². The molecule has 1 amide bonds. The van der Waals surface area contributed by atoms with Crippen LogP contribution in [0.2, 0.25) is 0 Å². The van der Waals surface area contributed by atoms with Crippen molar-refractivity contribution in [1.29, 1.82) is 0 Å². The number of amides is 1. The lowest BCUT2D eigenvalue weighted by atomic mass is 10.2. The maximum atomic E-state index is 14.1. The van der Waals surface area contributed by atoms with Crippen molar-refractivity contribution in [3.63, 3.8) is 0 Å². The van der Waals surface area contributed by atoms with E-state index >= 15 is 0 Å². The molecule has 2 aromatic heterocycles. The second-order valence-electron chi connectivity index (χ2n) is 5.06. The fraction of sp³-hybridized carbons (Fsp3) is 0.125. The predicted molar refractivity (Wildman–Crippen MR) is 83.0 cm³/mol. The van der Waals surface area contributed by atoms with Crippen LogP contribution >= 0.6 is 0 Å². The summed E-state index contributed by atoms with van der Waals surface area (Å²) in [6.45, 7) is 3.46. The number of aryl methyl sites for hydroxylation is 1. The number of nitrogens with one attached hydrogen (secondary N) is 1. The zero-order chi connectivity index (χ0) is 16.4. The minimum atomic E-state index is -0.444. The van der Waals surface area contributed by atoms with Crippen molar-refractivity contribution >= 4 is 11.7 Å². The van der Waals surface area contributed by atoms with E-state index < -0.39 is 11.7 Å². The first-order valence-corrected chi connectivity index (χ1v) is 6.97. The summed E-state index contributed by atoms with van der Waals surface area (Å²) in [4.78, 5) is 16.3. The van der Waals surface area contributed by atoms with Gasteiger partial charge in [0.15, 0.2) is 5.69 Å². The number of aromatic nitrogens is 4. The third-order valence-electron chi connectivity index (χ3n) is 3.35. The third kappa shape index (κ3) is 2.94. The number of rotatable bonds is 3. The molecule has 2 heterocycles. The largest absolute Gasteiger partial charge is 0.305 e. The Balaban J connectivity index is 1.91. The highest BCUT2D eigenvalue weighted by Crippen LogP contribution is 2.17. The first-order valence-electron chi connectivity index (χ1n) is 6.97. The van der Waals surface area contributed by atoms with Crippen LogP contribution in [0.15, 0.2) is 42.6 Å². The van der Waals surface area contributed by atoms with Gasteiger partial charge < -0.3 is 5.32 Å². The molecule has 0 aliphatic carbocycles. The highest BCUT2D eigenvalue weighted by atomic mass is 19.1. The van der Waals surface area contributed by atoms with Crippen molar-refractivity contribution in [1.82, 2.24) is 20.0 Å². The molecule has 0 unspecified atom stereocenters. The molecule has 0 saturated heterocycles. The van der Waals surface area contributed by atoms with Gasteiger partial charge in [0.1, 0.15) is 17.3 Å².